The summed E-state index contributed by atoms with van der Waals surface area (Å²) in [6.07, 6.45) is -3.12. The minimum absolute atomic E-state index is 0.102. The lowest BCUT2D eigenvalue weighted by atomic mass is 9.62. The molecule has 15 heteroatoms. The highest BCUT2D eigenvalue weighted by Gasteiger charge is 2.47. The van der Waals surface area contributed by atoms with Gasteiger partial charge in [-0.15, -0.1) is 5.10 Å². The van der Waals surface area contributed by atoms with Crippen LogP contribution in [0, 0.1) is 12.0 Å². The third kappa shape index (κ3) is 6.18. The molecule has 3 aromatic rings. The minimum atomic E-state index is -4.89. The number of aliphatic hydroxyl groups excluding tert-OH is 1. The number of piperazine rings is 1. The van der Waals surface area contributed by atoms with Crippen LogP contribution in [0.2, 0.25) is 0 Å². The summed E-state index contributed by atoms with van der Waals surface area (Å²) >= 11 is 0. The number of alkyl halides is 3. The van der Waals surface area contributed by atoms with E-state index in [1.807, 2.05) is 7.05 Å². The Balaban J connectivity index is 1.40. The Morgan fingerprint density at radius 3 is 2.42 bits per heavy atom. The number of hydrogen-bond acceptors (Lipinski definition) is 9. The van der Waals surface area contributed by atoms with Crippen LogP contribution in [0.1, 0.15) is 76.3 Å². The molecule has 258 valence electrons. The van der Waals surface area contributed by atoms with Gasteiger partial charge in [-0.3, -0.25) is 19.1 Å². The van der Waals surface area contributed by atoms with E-state index in [9.17, 15) is 32.3 Å². The lowest BCUT2D eigenvalue weighted by Crippen LogP contribution is -2.53. The molecule has 1 atom stereocenters. The standard InChI is InChI=1S/C33H40F4N8O3/c1-19(2)24-18-42(3)9-10-44(24)17-20-12-22-28(23(13-20)33(35,36)37)30(48)45(29(22)47)26-15-21(14-25(39-26)38-8-11-46)32(6-5-7-32)16-27-40-41-31(34)43(27)4/h12-15,19,24,46H,5-11,16-18H2,1-4H3,(H,38,39)/t24-/m1/s1. The van der Waals surface area contributed by atoms with E-state index in [1.54, 1.807) is 12.1 Å². The van der Waals surface area contributed by atoms with E-state index in [1.165, 1.54) is 17.7 Å². The Labute approximate surface area is 275 Å². The zero-order valence-electron chi connectivity index (χ0n) is 27.4. The fraction of sp³-hybridized carbons (Fsp3) is 0.545. The number of halogens is 4. The van der Waals surface area contributed by atoms with Gasteiger partial charge < -0.3 is 15.3 Å². The molecule has 11 nitrogen and oxygen atoms in total. The quantitative estimate of drug-likeness (QED) is 0.243. The van der Waals surface area contributed by atoms with Crippen LogP contribution in [0.15, 0.2) is 24.3 Å². The fourth-order valence-electron chi connectivity index (χ4n) is 7.18. The summed E-state index contributed by atoms with van der Waals surface area (Å²) in [6.45, 7) is 6.39. The zero-order chi connectivity index (χ0) is 34.5. The van der Waals surface area contributed by atoms with Crippen LogP contribution >= 0.6 is 0 Å². The minimum Gasteiger partial charge on any atom is -0.395 e. The van der Waals surface area contributed by atoms with Crippen LogP contribution in [0.25, 0.3) is 0 Å². The molecule has 3 aliphatic rings. The molecule has 2 amide bonds. The van der Waals surface area contributed by atoms with E-state index in [2.05, 4.69) is 44.1 Å². The van der Waals surface area contributed by atoms with Gasteiger partial charge in [0.05, 0.1) is 23.3 Å². The number of anilines is 2. The monoisotopic (exact) mass is 672 g/mol. The number of aliphatic hydroxyl groups is 1. The van der Waals surface area contributed by atoms with Gasteiger partial charge in [-0.05, 0) is 61.2 Å². The first-order chi connectivity index (χ1) is 22.7. The summed E-state index contributed by atoms with van der Waals surface area (Å²) in [6, 6.07) is 5.78. The Hall–Kier alpha value is -3.95. The number of carbonyl (C=O) groups is 2. The number of nitrogens with one attached hydrogen (secondary N) is 1. The van der Waals surface area contributed by atoms with Crippen molar-refractivity contribution in [2.24, 2.45) is 13.0 Å². The van der Waals surface area contributed by atoms with Crippen LogP contribution < -0.4 is 10.2 Å². The number of likely N-dealkylation sites (N-methyl/N-ethyl adjacent to an activating group) is 1. The van der Waals surface area contributed by atoms with Crippen molar-refractivity contribution in [1.82, 2.24) is 29.5 Å². The zero-order valence-corrected chi connectivity index (χ0v) is 27.4. The van der Waals surface area contributed by atoms with E-state index in [-0.39, 0.29) is 48.9 Å². The predicted octanol–water partition coefficient (Wildman–Crippen LogP) is 4.01. The lowest BCUT2D eigenvalue weighted by Gasteiger charge is -2.42. The molecule has 2 fully saturated rings. The van der Waals surface area contributed by atoms with E-state index in [0.29, 0.717) is 47.7 Å². The molecule has 0 bridgehead atoms. The third-order valence-electron chi connectivity index (χ3n) is 10.0. The molecule has 2 N–H and O–H groups in total. The molecule has 4 heterocycles. The highest BCUT2D eigenvalue weighted by Crippen LogP contribution is 2.48. The summed E-state index contributed by atoms with van der Waals surface area (Å²) in [4.78, 5) is 37.4. The van der Waals surface area contributed by atoms with Crippen molar-refractivity contribution in [2.75, 3.05) is 50.1 Å². The van der Waals surface area contributed by atoms with Crippen molar-refractivity contribution in [3.8, 4) is 0 Å². The van der Waals surface area contributed by atoms with Gasteiger partial charge in [-0.2, -0.15) is 17.6 Å². The molecule has 0 spiro atoms. The first kappa shape index (κ1) is 33.9. The topological polar surface area (TPSA) is 120 Å². The predicted molar refractivity (Wildman–Crippen MR) is 169 cm³/mol. The molecule has 1 aromatic carbocycles. The fourth-order valence-corrected chi connectivity index (χ4v) is 7.18. The Morgan fingerprint density at radius 1 is 1.06 bits per heavy atom. The first-order valence-corrected chi connectivity index (χ1v) is 16.2. The van der Waals surface area contributed by atoms with Gasteiger partial charge in [0.2, 0.25) is 0 Å². The molecule has 1 saturated carbocycles. The number of rotatable bonds is 10. The highest BCUT2D eigenvalue weighted by molar-refractivity contribution is 6.34. The maximum Gasteiger partial charge on any atom is 0.417 e. The van der Waals surface area contributed by atoms with Gasteiger partial charge in [0, 0.05) is 57.6 Å². The van der Waals surface area contributed by atoms with E-state index < -0.39 is 40.6 Å². The lowest BCUT2D eigenvalue weighted by molar-refractivity contribution is -0.138. The second-order valence-electron chi connectivity index (χ2n) is 13.6. The third-order valence-corrected chi connectivity index (χ3v) is 10.0. The molecule has 2 aromatic heterocycles. The molecular weight excluding hydrogens is 632 g/mol. The van der Waals surface area contributed by atoms with Gasteiger partial charge in [-0.25, -0.2) is 9.88 Å². The largest absolute Gasteiger partial charge is 0.417 e. The number of nitrogens with zero attached hydrogens (tertiary/aromatic N) is 7. The van der Waals surface area contributed by atoms with E-state index >= 15 is 0 Å². The summed E-state index contributed by atoms with van der Waals surface area (Å²) in [5.74, 6) is -1.25. The van der Waals surface area contributed by atoms with Gasteiger partial charge in [0.15, 0.2) is 0 Å². The second-order valence-corrected chi connectivity index (χ2v) is 13.6. The van der Waals surface area contributed by atoms with Gasteiger partial charge in [0.25, 0.3) is 11.8 Å². The van der Waals surface area contributed by atoms with Crippen molar-refractivity contribution in [3.05, 3.63) is 64.0 Å². The Morgan fingerprint density at radius 2 is 1.81 bits per heavy atom. The van der Waals surface area contributed by atoms with Crippen molar-refractivity contribution in [2.45, 2.75) is 63.7 Å². The van der Waals surface area contributed by atoms with E-state index in [4.69, 9.17) is 0 Å². The molecule has 1 saturated heterocycles. The van der Waals surface area contributed by atoms with Crippen LogP contribution in [-0.2, 0) is 31.6 Å². The van der Waals surface area contributed by atoms with Crippen LogP contribution in [0.3, 0.4) is 0 Å². The second kappa shape index (κ2) is 12.8. The summed E-state index contributed by atoms with van der Waals surface area (Å²) in [5, 5.41) is 19.9. The smallest absolute Gasteiger partial charge is 0.395 e. The number of imide groups is 1. The molecular formula is C33H40F4N8O3. The number of benzene rings is 1. The van der Waals surface area contributed by atoms with Gasteiger partial charge in [0.1, 0.15) is 17.5 Å². The average molecular weight is 673 g/mol. The van der Waals surface area contributed by atoms with Gasteiger partial charge in [-0.1, -0.05) is 25.4 Å². The highest BCUT2D eigenvalue weighted by atomic mass is 19.4. The summed E-state index contributed by atoms with van der Waals surface area (Å²) in [7, 11) is 3.53. The first-order valence-electron chi connectivity index (χ1n) is 16.2. The molecule has 2 aliphatic heterocycles. The number of hydrogen-bond donors (Lipinski definition) is 2. The Bertz CT molecular complexity index is 1720. The van der Waals surface area contributed by atoms with Crippen LogP contribution in [0.5, 0.6) is 0 Å². The SMILES string of the molecule is CC(C)[C@H]1CN(C)CCN1Cc1cc2c(c(C(F)(F)F)c1)C(=O)N(c1cc(C3(Cc4nnc(F)n4C)CCC3)cc(NCCO)n1)C2=O. The number of pyridine rings is 1. The molecule has 1 aliphatic carbocycles. The maximum atomic E-state index is 14.6. The van der Waals surface area contributed by atoms with Crippen LogP contribution in [-0.4, -0.2) is 92.3 Å². The summed E-state index contributed by atoms with van der Waals surface area (Å²) < 4.78 is 59.1. The van der Waals surface area contributed by atoms with Crippen LogP contribution in [0.4, 0.5) is 29.2 Å². The molecule has 48 heavy (non-hydrogen) atoms. The molecule has 0 radical (unpaired) electrons. The average Bonchev–Trinajstić information content (AvgIpc) is 3.46. The van der Waals surface area contributed by atoms with Crippen molar-refractivity contribution >= 4 is 23.5 Å². The summed E-state index contributed by atoms with van der Waals surface area (Å²) in [5.41, 5.74) is -1.77. The number of aromatic nitrogens is 4. The number of fused-ring (bicyclic) bond motifs is 1. The van der Waals surface area contributed by atoms with Gasteiger partial charge >= 0.3 is 12.3 Å². The Kier molecular flexibility index (Phi) is 9.06. The maximum absolute atomic E-state index is 14.6. The molecule has 6 rings (SSSR count). The van der Waals surface area contributed by atoms with E-state index in [0.717, 1.165) is 25.6 Å². The van der Waals surface area contributed by atoms with Crippen molar-refractivity contribution in [1.29, 1.82) is 0 Å². The molecule has 0 unspecified atom stereocenters. The van der Waals surface area contributed by atoms with Crippen molar-refractivity contribution in [3.63, 3.8) is 0 Å². The number of carbonyl (C=O) groups excluding carboxylic acids is 2. The number of amides is 2. The normalized spacial score (nSPS) is 20.0. The van der Waals surface area contributed by atoms with Crippen molar-refractivity contribution < 1.29 is 32.3 Å².